The van der Waals surface area contributed by atoms with Crippen LogP contribution in [0.3, 0.4) is 0 Å². The lowest BCUT2D eigenvalue weighted by atomic mass is 10.3. The van der Waals surface area contributed by atoms with Gasteiger partial charge in [-0.05, 0) is 28.1 Å². The Morgan fingerprint density at radius 2 is 2.11 bits per heavy atom. The zero-order chi connectivity index (χ0) is 14.0. The van der Waals surface area contributed by atoms with Gasteiger partial charge in [-0.15, -0.1) is 0 Å². The highest BCUT2D eigenvalue weighted by atomic mass is 79.9. The Labute approximate surface area is 115 Å². The first-order valence-electron chi connectivity index (χ1n) is 5.00. The Morgan fingerprint density at radius 1 is 1.37 bits per heavy atom. The molecule has 0 saturated heterocycles. The predicted octanol–water partition coefficient (Wildman–Crippen LogP) is 3.27. The van der Waals surface area contributed by atoms with E-state index in [1.807, 2.05) is 0 Å². The number of halogens is 2. The monoisotopic (exact) mass is 327 g/mol. The summed E-state index contributed by atoms with van der Waals surface area (Å²) in [7, 11) is 0. The van der Waals surface area contributed by atoms with Crippen molar-refractivity contribution in [2.75, 3.05) is 5.73 Å². The second kappa shape index (κ2) is 5.19. The molecule has 6 nitrogen and oxygen atoms in total. The van der Waals surface area contributed by atoms with Crippen molar-refractivity contribution >= 4 is 27.4 Å². The molecule has 98 valence electrons. The molecule has 0 radical (unpaired) electrons. The van der Waals surface area contributed by atoms with Crippen molar-refractivity contribution in [3.63, 3.8) is 0 Å². The maximum Gasteiger partial charge on any atom is 0.278 e. The summed E-state index contributed by atoms with van der Waals surface area (Å²) in [5.74, 6) is -0.487. The molecule has 2 aromatic rings. The summed E-state index contributed by atoms with van der Waals surface area (Å²) < 4.78 is 18.8. The SMILES string of the molecule is Nc1cc([N+](=O)[O-])cc(Oc2ccc(Br)c(F)c2)n1. The molecule has 0 aliphatic carbocycles. The molecule has 0 fully saturated rings. The van der Waals surface area contributed by atoms with Crippen molar-refractivity contribution in [1.29, 1.82) is 0 Å². The number of nitro groups is 1. The molecule has 1 aromatic carbocycles. The lowest BCUT2D eigenvalue weighted by Gasteiger charge is -2.06. The number of benzene rings is 1. The number of rotatable bonds is 3. The Kier molecular flexibility index (Phi) is 3.61. The van der Waals surface area contributed by atoms with E-state index in [0.717, 1.165) is 18.2 Å². The summed E-state index contributed by atoms with van der Waals surface area (Å²) in [6, 6.07) is 6.28. The minimum atomic E-state index is -0.618. The topological polar surface area (TPSA) is 91.3 Å². The second-order valence-corrected chi connectivity index (χ2v) is 4.38. The highest BCUT2D eigenvalue weighted by Gasteiger charge is 2.12. The van der Waals surface area contributed by atoms with Crippen LogP contribution < -0.4 is 10.5 Å². The number of ether oxygens (including phenoxy) is 1. The van der Waals surface area contributed by atoms with Gasteiger partial charge in [0.25, 0.3) is 5.69 Å². The molecule has 0 aliphatic heterocycles. The molecular formula is C11H7BrFN3O3. The first-order chi connectivity index (χ1) is 8.95. The van der Waals surface area contributed by atoms with Crippen LogP contribution >= 0.6 is 15.9 Å². The highest BCUT2D eigenvalue weighted by molar-refractivity contribution is 9.10. The van der Waals surface area contributed by atoms with Crippen LogP contribution in [0.5, 0.6) is 11.6 Å². The Morgan fingerprint density at radius 3 is 2.74 bits per heavy atom. The number of anilines is 1. The highest BCUT2D eigenvalue weighted by Crippen LogP contribution is 2.27. The van der Waals surface area contributed by atoms with Gasteiger partial charge in [-0.3, -0.25) is 10.1 Å². The van der Waals surface area contributed by atoms with Gasteiger partial charge in [0.15, 0.2) is 0 Å². The average Bonchev–Trinajstić information content (AvgIpc) is 2.33. The lowest BCUT2D eigenvalue weighted by Crippen LogP contribution is -1.97. The van der Waals surface area contributed by atoms with E-state index in [4.69, 9.17) is 10.5 Å². The fraction of sp³-hybridized carbons (Fsp3) is 0. The average molecular weight is 328 g/mol. The van der Waals surface area contributed by atoms with E-state index in [1.54, 1.807) is 0 Å². The van der Waals surface area contributed by atoms with Gasteiger partial charge < -0.3 is 10.5 Å². The van der Waals surface area contributed by atoms with Crippen LogP contribution in [0.2, 0.25) is 0 Å². The maximum absolute atomic E-state index is 13.3. The van der Waals surface area contributed by atoms with E-state index in [0.29, 0.717) is 0 Å². The van der Waals surface area contributed by atoms with Gasteiger partial charge in [0.1, 0.15) is 17.4 Å². The summed E-state index contributed by atoms with van der Waals surface area (Å²) in [6.07, 6.45) is 0. The van der Waals surface area contributed by atoms with Gasteiger partial charge >= 0.3 is 0 Å². The van der Waals surface area contributed by atoms with Gasteiger partial charge in [-0.2, -0.15) is 4.98 Å². The van der Waals surface area contributed by atoms with E-state index in [2.05, 4.69) is 20.9 Å². The number of nitrogens with zero attached hydrogens (tertiary/aromatic N) is 2. The van der Waals surface area contributed by atoms with Gasteiger partial charge in [-0.1, -0.05) is 0 Å². The summed E-state index contributed by atoms with van der Waals surface area (Å²) in [5, 5.41) is 10.7. The first kappa shape index (κ1) is 13.2. The molecular weight excluding hydrogens is 321 g/mol. The predicted molar refractivity (Wildman–Crippen MR) is 69.5 cm³/mol. The standard InChI is InChI=1S/C11H7BrFN3O3/c12-8-2-1-7(5-9(8)13)19-11-4-6(16(17)18)3-10(14)15-11/h1-5H,(H2,14,15). The van der Waals surface area contributed by atoms with Gasteiger partial charge in [0, 0.05) is 6.07 Å². The van der Waals surface area contributed by atoms with E-state index in [9.17, 15) is 14.5 Å². The quantitative estimate of drug-likeness (QED) is 0.690. The van der Waals surface area contributed by atoms with Crippen molar-refractivity contribution in [2.24, 2.45) is 0 Å². The summed E-state index contributed by atoms with van der Waals surface area (Å²) in [4.78, 5) is 13.8. The molecule has 19 heavy (non-hydrogen) atoms. The van der Waals surface area contributed by atoms with E-state index in [1.165, 1.54) is 12.1 Å². The molecule has 0 saturated carbocycles. The van der Waals surface area contributed by atoms with Crippen LogP contribution in [0.15, 0.2) is 34.8 Å². The Balaban J connectivity index is 2.32. The summed E-state index contributed by atoms with van der Waals surface area (Å²) in [6.45, 7) is 0. The van der Waals surface area contributed by atoms with Crippen molar-refractivity contribution in [1.82, 2.24) is 4.98 Å². The third-order valence-corrected chi connectivity index (χ3v) is 2.77. The third kappa shape index (κ3) is 3.16. The number of nitrogens with two attached hydrogens (primary N) is 1. The molecule has 0 aliphatic rings. The van der Waals surface area contributed by atoms with Crippen molar-refractivity contribution in [2.45, 2.75) is 0 Å². The van der Waals surface area contributed by atoms with E-state index >= 15 is 0 Å². The van der Waals surface area contributed by atoms with Crippen LogP contribution in [0.1, 0.15) is 0 Å². The summed E-state index contributed by atoms with van der Waals surface area (Å²) in [5.41, 5.74) is 5.18. The smallest absolute Gasteiger partial charge is 0.278 e. The van der Waals surface area contributed by atoms with Gasteiger partial charge in [0.2, 0.25) is 5.88 Å². The van der Waals surface area contributed by atoms with Crippen LogP contribution in [-0.4, -0.2) is 9.91 Å². The number of hydrogen-bond acceptors (Lipinski definition) is 5. The molecule has 0 bridgehead atoms. The van der Waals surface area contributed by atoms with Gasteiger partial charge in [-0.25, -0.2) is 4.39 Å². The molecule has 8 heteroatoms. The van der Waals surface area contributed by atoms with Crippen molar-refractivity contribution < 1.29 is 14.1 Å². The van der Waals surface area contributed by atoms with Crippen LogP contribution in [0, 0.1) is 15.9 Å². The fourth-order valence-electron chi connectivity index (χ4n) is 1.33. The van der Waals surface area contributed by atoms with Crippen LogP contribution in [0.4, 0.5) is 15.9 Å². The number of aromatic nitrogens is 1. The normalized spacial score (nSPS) is 10.2. The number of hydrogen-bond donors (Lipinski definition) is 1. The molecule has 1 aromatic heterocycles. The molecule has 2 rings (SSSR count). The largest absolute Gasteiger partial charge is 0.439 e. The second-order valence-electron chi connectivity index (χ2n) is 3.52. The minimum Gasteiger partial charge on any atom is -0.439 e. The third-order valence-electron chi connectivity index (χ3n) is 2.13. The minimum absolute atomic E-state index is 0.0539. The van der Waals surface area contributed by atoms with Crippen LogP contribution in [-0.2, 0) is 0 Å². The van der Waals surface area contributed by atoms with Crippen LogP contribution in [0.25, 0.3) is 0 Å². The number of nitrogen functional groups attached to an aromatic ring is 1. The molecule has 0 unspecified atom stereocenters. The molecule has 1 heterocycles. The summed E-state index contributed by atoms with van der Waals surface area (Å²) >= 11 is 3.00. The Hall–Kier alpha value is -2.22. The van der Waals surface area contributed by atoms with E-state index < -0.39 is 10.7 Å². The van der Waals surface area contributed by atoms with Gasteiger partial charge in [0.05, 0.1) is 21.5 Å². The lowest BCUT2D eigenvalue weighted by molar-refractivity contribution is -0.384. The maximum atomic E-state index is 13.3. The first-order valence-corrected chi connectivity index (χ1v) is 5.80. The zero-order valence-electron chi connectivity index (χ0n) is 9.34. The molecule has 0 amide bonds. The molecule has 2 N–H and O–H groups in total. The molecule has 0 atom stereocenters. The van der Waals surface area contributed by atoms with Crippen molar-refractivity contribution in [3.05, 3.63) is 50.7 Å². The van der Waals surface area contributed by atoms with E-state index in [-0.39, 0.29) is 27.6 Å². The van der Waals surface area contributed by atoms with Crippen molar-refractivity contribution in [3.8, 4) is 11.6 Å². The molecule has 0 spiro atoms. The number of pyridine rings is 1. The Bertz CT molecular complexity index is 651. The zero-order valence-corrected chi connectivity index (χ0v) is 10.9. The fourth-order valence-corrected chi connectivity index (χ4v) is 1.58.